The van der Waals surface area contributed by atoms with Gasteiger partial charge in [-0.2, -0.15) is 0 Å². The Labute approximate surface area is 111 Å². The standard InChI is InChI=1S/C14H17N3S/c1-17-7-2-6-15-14(17)16-10-11-3-4-13-12(9-11)5-8-18-13/h3-5,8-9H,2,6-7,10H2,1H3,(H,15,16). The van der Waals surface area contributed by atoms with E-state index in [1.54, 1.807) is 11.3 Å². The van der Waals surface area contributed by atoms with E-state index in [4.69, 9.17) is 0 Å². The van der Waals surface area contributed by atoms with Crippen LogP contribution >= 0.6 is 11.3 Å². The van der Waals surface area contributed by atoms with E-state index in [9.17, 15) is 0 Å². The topological polar surface area (TPSA) is 27.6 Å². The molecule has 0 saturated carbocycles. The van der Waals surface area contributed by atoms with Crippen molar-refractivity contribution in [2.24, 2.45) is 4.99 Å². The van der Waals surface area contributed by atoms with Gasteiger partial charge in [0, 0.05) is 31.4 Å². The van der Waals surface area contributed by atoms with E-state index < -0.39 is 0 Å². The molecule has 1 aliphatic heterocycles. The molecule has 0 amide bonds. The van der Waals surface area contributed by atoms with Gasteiger partial charge in [0.25, 0.3) is 0 Å². The summed E-state index contributed by atoms with van der Waals surface area (Å²) in [4.78, 5) is 6.70. The lowest BCUT2D eigenvalue weighted by Crippen LogP contribution is -2.41. The van der Waals surface area contributed by atoms with E-state index in [0.717, 1.165) is 32.0 Å². The lowest BCUT2D eigenvalue weighted by molar-refractivity contribution is 0.446. The summed E-state index contributed by atoms with van der Waals surface area (Å²) >= 11 is 1.79. The molecular formula is C14H17N3S. The molecule has 0 unspecified atom stereocenters. The van der Waals surface area contributed by atoms with Gasteiger partial charge >= 0.3 is 0 Å². The molecule has 4 heteroatoms. The molecule has 94 valence electrons. The number of fused-ring (bicyclic) bond motifs is 1. The molecule has 0 aliphatic carbocycles. The molecular weight excluding hydrogens is 242 g/mol. The van der Waals surface area contributed by atoms with Gasteiger partial charge in [-0.1, -0.05) is 6.07 Å². The van der Waals surface area contributed by atoms with Crippen molar-refractivity contribution >= 4 is 27.4 Å². The predicted octanol–water partition coefficient (Wildman–Crippen LogP) is 2.68. The van der Waals surface area contributed by atoms with Crippen LogP contribution in [-0.4, -0.2) is 31.0 Å². The van der Waals surface area contributed by atoms with Crippen molar-refractivity contribution in [3.63, 3.8) is 0 Å². The van der Waals surface area contributed by atoms with Gasteiger partial charge in [-0.25, -0.2) is 0 Å². The van der Waals surface area contributed by atoms with E-state index in [1.807, 2.05) is 0 Å². The summed E-state index contributed by atoms with van der Waals surface area (Å²) in [5, 5.41) is 6.90. The zero-order valence-electron chi connectivity index (χ0n) is 10.5. The first-order valence-electron chi connectivity index (χ1n) is 6.28. The second-order valence-corrected chi connectivity index (χ2v) is 5.57. The number of benzene rings is 1. The van der Waals surface area contributed by atoms with Crippen molar-refractivity contribution < 1.29 is 0 Å². The summed E-state index contributed by atoms with van der Waals surface area (Å²) in [5.41, 5.74) is 1.31. The number of nitrogens with one attached hydrogen (secondary N) is 1. The first kappa shape index (κ1) is 11.5. The molecule has 1 N–H and O–H groups in total. The molecule has 1 aromatic heterocycles. The minimum Gasteiger partial charge on any atom is -0.352 e. The quantitative estimate of drug-likeness (QED) is 0.898. The Morgan fingerprint density at radius 3 is 3.22 bits per heavy atom. The highest BCUT2D eigenvalue weighted by Crippen LogP contribution is 2.21. The molecule has 1 aliphatic rings. The van der Waals surface area contributed by atoms with E-state index in [2.05, 4.69) is 51.9 Å². The molecule has 2 heterocycles. The Balaban J connectivity index is 1.70. The SMILES string of the molecule is CN1CCCN=C1NCc1ccc2sccc2c1. The van der Waals surface area contributed by atoms with Gasteiger partial charge in [0.15, 0.2) is 5.96 Å². The molecule has 3 nitrogen and oxygen atoms in total. The number of rotatable bonds is 2. The van der Waals surface area contributed by atoms with Crippen molar-refractivity contribution in [2.75, 3.05) is 20.1 Å². The summed E-state index contributed by atoms with van der Waals surface area (Å²) in [6.45, 7) is 2.88. The van der Waals surface area contributed by atoms with Crippen LogP contribution in [0.25, 0.3) is 10.1 Å². The fourth-order valence-electron chi connectivity index (χ4n) is 2.22. The molecule has 1 aromatic carbocycles. The number of nitrogens with zero attached hydrogens (tertiary/aromatic N) is 2. The van der Waals surface area contributed by atoms with Gasteiger partial charge in [-0.15, -0.1) is 11.3 Å². The van der Waals surface area contributed by atoms with Gasteiger partial charge in [-0.3, -0.25) is 4.99 Å². The Morgan fingerprint density at radius 1 is 1.39 bits per heavy atom. The van der Waals surface area contributed by atoms with Crippen LogP contribution < -0.4 is 5.32 Å². The largest absolute Gasteiger partial charge is 0.352 e. The predicted molar refractivity (Wildman–Crippen MR) is 78.2 cm³/mol. The van der Waals surface area contributed by atoms with Crippen molar-refractivity contribution in [2.45, 2.75) is 13.0 Å². The molecule has 0 saturated heterocycles. The summed E-state index contributed by atoms with van der Waals surface area (Å²) < 4.78 is 1.35. The van der Waals surface area contributed by atoms with E-state index >= 15 is 0 Å². The molecule has 0 spiro atoms. The van der Waals surface area contributed by atoms with Gasteiger partial charge in [0.2, 0.25) is 0 Å². The minimum atomic E-state index is 0.842. The zero-order valence-corrected chi connectivity index (χ0v) is 11.3. The van der Waals surface area contributed by atoms with Gasteiger partial charge < -0.3 is 10.2 Å². The number of aliphatic imine (C=N–C) groups is 1. The number of thiophene rings is 1. The number of hydrogen-bond donors (Lipinski definition) is 1. The van der Waals surface area contributed by atoms with Gasteiger partial charge in [0.1, 0.15) is 0 Å². The fourth-order valence-corrected chi connectivity index (χ4v) is 2.99. The van der Waals surface area contributed by atoms with Crippen molar-refractivity contribution in [3.05, 3.63) is 35.2 Å². The third-order valence-electron chi connectivity index (χ3n) is 3.24. The Kier molecular flexibility index (Phi) is 3.19. The first-order chi connectivity index (χ1) is 8.83. The summed E-state index contributed by atoms with van der Waals surface area (Å²) in [6.07, 6.45) is 1.16. The molecule has 0 fully saturated rings. The normalized spacial score (nSPS) is 15.8. The first-order valence-corrected chi connectivity index (χ1v) is 7.16. The molecule has 0 bridgehead atoms. The Bertz CT molecular complexity index is 573. The summed E-state index contributed by atoms with van der Waals surface area (Å²) in [5.74, 6) is 1.02. The third-order valence-corrected chi connectivity index (χ3v) is 4.14. The number of hydrogen-bond acceptors (Lipinski definition) is 4. The maximum Gasteiger partial charge on any atom is 0.193 e. The maximum atomic E-state index is 4.51. The van der Waals surface area contributed by atoms with Crippen molar-refractivity contribution in [1.82, 2.24) is 10.2 Å². The number of guanidine groups is 1. The summed E-state index contributed by atoms with van der Waals surface area (Å²) in [7, 11) is 2.09. The zero-order chi connectivity index (χ0) is 12.4. The Morgan fingerprint density at radius 2 is 2.33 bits per heavy atom. The van der Waals surface area contributed by atoms with Crippen LogP contribution in [0.15, 0.2) is 34.6 Å². The van der Waals surface area contributed by atoms with Crippen molar-refractivity contribution in [1.29, 1.82) is 0 Å². The fraction of sp³-hybridized carbons (Fsp3) is 0.357. The van der Waals surface area contributed by atoms with E-state index in [-0.39, 0.29) is 0 Å². The van der Waals surface area contributed by atoms with Gasteiger partial charge in [0.05, 0.1) is 0 Å². The molecule has 0 atom stereocenters. The molecule has 3 rings (SSSR count). The highest BCUT2D eigenvalue weighted by molar-refractivity contribution is 7.17. The Hall–Kier alpha value is -1.55. The second kappa shape index (κ2) is 4.98. The third kappa shape index (κ3) is 2.34. The monoisotopic (exact) mass is 259 g/mol. The minimum absolute atomic E-state index is 0.842. The van der Waals surface area contributed by atoms with Crippen LogP contribution in [0.5, 0.6) is 0 Å². The highest BCUT2D eigenvalue weighted by atomic mass is 32.1. The molecule has 2 aromatic rings. The lowest BCUT2D eigenvalue weighted by Gasteiger charge is -2.25. The van der Waals surface area contributed by atoms with Crippen LogP contribution in [0.3, 0.4) is 0 Å². The smallest absolute Gasteiger partial charge is 0.193 e. The van der Waals surface area contributed by atoms with Crippen LogP contribution in [-0.2, 0) is 6.54 Å². The average Bonchev–Trinajstić information content (AvgIpc) is 2.85. The summed E-state index contributed by atoms with van der Waals surface area (Å²) in [6, 6.07) is 8.81. The van der Waals surface area contributed by atoms with Crippen LogP contribution in [0.2, 0.25) is 0 Å². The highest BCUT2D eigenvalue weighted by Gasteiger charge is 2.10. The molecule has 0 radical (unpaired) electrons. The second-order valence-electron chi connectivity index (χ2n) is 4.63. The lowest BCUT2D eigenvalue weighted by atomic mass is 10.2. The van der Waals surface area contributed by atoms with Crippen LogP contribution in [0, 0.1) is 0 Å². The van der Waals surface area contributed by atoms with Gasteiger partial charge in [-0.05, 0) is 40.9 Å². The van der Waals surface area contributed by atoms with E-state index in [0.29, 0.717) is 0 Å². The van der Waals surface area contributed by atoms with Crippen LogP contribution in [0.4, 0.5) is 0 Å². The van der Waals surface area contributed by atoms with Crippen molar-refractivity contribution in [3.8, 4) is 0 Å². The van der Waals surface area contributed by atoms with E-state index in [1.165, 1.54) is 15.6 Å². The maximum absolute atomic E-state index is 4.51. The molecule has 18 heavy (non-hydrogen) atoms. The average molecular weight is 259 g/mol. The van der Waals surface area contributed by atoms with Crippen LogP contribution in [0.1, 0.15) is 12.0 Å².